The third-order valence-corrected chi connectivity index (χ3v) is 7.13. The van der Waals surface area contributed by atoms with Gasteiger partial charge < -0.3 is 19.2 Å². The van der Waals surface area contributed by atoms with Crippen molar-refractivity contribution in [3.05, 3.63) is 80.6 Å². The number of aromatic nitrogens is 4. The van der Waals surface area contributed by atoms with Crippen molar-refractivity contribution in [2.24, 2.45) is 0 Å². The molecule has 0 radical (unpaired) electrons. The van der Waals surface area contributed by atoms with Gasteiger partial charge in [0.05, 0.1) is 26.4 Å². The molecule has 9 heteroatoms. The van der Waals surface area contributed by atoms with E-state index in [1.165, 1.54) is 12.8 Å². The fourth-order valence-electron chi connectivity index (χ4n) is 4.66. The lowest BCUT2D eigenvalue weighted by atomic mass is 10.1. The van der Waals surface area contributed by atoms with Crippen LogP contribution in [0.15, 0.2) is 53.3 Å². The molecule has 1 aliphatic rings. The van der Waals surface area contributed by atoms with E-state index in [0.717, 1.165) is 29.7 Å². The number of benzene rings is 2. The van der Waals surface area contributed by atoms with Crippen LogP contribution in [0.4, 0.5) is 0 Å². The highest BCUT2D eigenvalue weighted by molar-refractivity contribution is 7.71. The summed E-state index contributed by atoms with van der Waals surface area (Å²) < 4.78 is 20.1. The lowest BCUT2D eigenvalue weighted by Gasteiger charge is -2.23. The number of fused-ring (bicyclic) bond motifs is 1. The summed E-state index contributed by atoms with van der Waals surface area (Å²) in [5.41, 5.74) is 1.78. The predicted octanol–water partition coefficient (Wildman–Crippen LogP) is 5.61. The number of methoxy groups -OCH3 is 1. The first-order chi connectivity index (χ1) is 17.8. The van der Waals surface area contributed by atoms with Crippen molar-refractivity contribution < 1.29 is 14.2 Å². The van der Waals surface area contributed by atoms with Crippen molar-refractivity contribution in [1.29, 1.82) is 0 Å². The van der Waals surface area contributed by atoms with Crippen molar-refractivity contribution in [3.8, 4) is 11.5 Å². The summed E-state index contributed by atoms with van der Waals surface area (Å²) in [5.74, 6) is 1.97. The van der Waals surface area contributed by atoms with Gasteiger partial charge in [-0.05, 0) is 75.0 Å². The SMILES string of the molecule is COc1ccc(Cn2c(=S)[nH]c(=O)c3[nH]c(C(C)(C)OCc4ccccc4)nc32)cc1OC1CCCC1. The van der Waals surface area contributed by atoms with Gasteiger partial charge in [-0.15, -0.1) is 0 Å². The molecular weight excluding hydrogens is 488 g/mol. The van der Waals surface area contributed by atoms with Gasteiger partial charge in [0, 0.05) is 0 Å². The number of rotatable bonds is 9. The summed E-state index contributed by atoms with van der Waals surface area (Å²) in [5, 5.41) is 0. The molecule has 0 spiro atoms. The first-order valence-electron chi connectivity index (χ1n) is 12.6. The molecule has 2 aromatic carbocycles. The molecule has 0 saturated heterocycles. The number of nitrogens with one attached hydrogen (secondary N) is 2. The van der Waals surface area contributed by atoms with E-state index in [-0.39, 0.29) is 11.7 Å². The molecule has 1 fully saturated rings. The van der Waals surface area contributed by atoms with Crippen molar-refractivity contribution in [3.63, 3.8) is 0 Å². The quantitative estimate of drug-likeness (QED) is 0.279. The zero-order valence-corrected chi connectivity index (χ0v) is 22.2. The Morgan fingerprint density at radius 2 is 1.81 bits per heavy atom. The highest BCUT2D eigenvalue weighted by Gasteiger charge is 2.27. The van der Waals surface area contributed by atoms with Gasteiger partial charge in [0.1, 0.15) is 16.9 Å². The van der Waals surface area contributed by atoms with E-state index in [4.69, 9.17) is 31.4 Å². The Hall–Kier alpha value is -3.43. The summed E-state index contributed by atoms with van der Waals surface area (Å²) in [4.78, 5) is 23.5. The summed E-state index contributed by atoms with van der Waals surface area (Å²) in [6.45, 7) is 4.68. The summed E-state index contributed by atoms with van der Waals surface area (Å²) in [6.07, 6.45) is 4.68. The number of imidazole rings is 1. The second-order valence-corrected chi connectivity index (χ2v) is 10.3. The Morgan fingerprint density at radius 1 is 1.05 bits per heavy atom. The third kappa shape index (κ3) is 5.47. The molecule has 1 aliphatic carbocycles. The molecule has 0 aliphatic heterocycles. The Bertz CT molecular complexity index is 1500. The molecule has 2 aromatic heterocycles. The average Bonchev–Trinajstić information content (AvgIpc) is 3.57. The van der Waals surface area contributed by atoms with Gasteiger partial charge in [-0.3, -0.25) is 14.3 Å². The van der Waals surface area contributed by atoms with E-state index < -0.39 is 5.60 Å². The van der Waals surface area contributed by atoms with E-state index in [2.05, 4.69) is 9.97 Å². The zero-order chi connectivity index (χ0) is 26.0. The standard InChI is InChI=1S/C28H32N4O4S/c1-28(2,35-17-18-9-5-4-6-10-18)26-29-23-24(30-26)32(27(37)31-25(23)33)16-19-13-14-21(34-3)22(15-19)36-20-11-7-8-12-20/h4-6,9-10,13-15,20H,7-8,11-12,16-17H2,1-3H3,(H,29,30)(H,31,33,37). The molecule has 2 heterocycles. The summed E-state index contributed by atoms with van der Waals surface area (Å²) >= 11 is 5.55. The van der Waals surface area contributed by atoms with Crippen LogP contribution in [0.5, 0.6) is 11.5 Å². The van der Waals surface area contributed by atoms with E-state index in [1.54, 1.807) is 7.11 Å². The molecule has 0 bridgehead atoms. The monoisotopic (exact) mass is 520 g/mol. The van der Waals surface area contributed by atoms with Crippen LogP contribution < -0.4 is 15.0 Å². The molecule has 2 N–H and O–H groups in total. The predicted molar refractivity (Wildman–Crippen MR) is 145 cm³/mol. The van der Waals surface area contributed by atoms with E-state index >= 15 is 0 Å². The minimum absolute atomic E-state index is 0.207. The van der Waals surface area contributed by atoms with Gasteiger partial charge in [-0.2, -0.15) is 0 Å². The summed E-state index contributed by atoms with van der Waals surface area (Å²) in [7, 11) is 1.64. The van der Waals surface area contributed by atoms with Crippen molar-refractivity contribution in [1.82, 2.24) is 19.5 Å². The van der Waals surface area contributed by atoms with E-state index in [0.29, 0.717) is 40.7 Å². The highest BCUT2D eigenvalue weighted by atomic mass is 32.1. The van der Waals surface area contributed by atoms with Crippen LogP contribution in [0.2, 0.25) is 0 Å². The van der Waals surface area contributed by atoms with Crippen LogP contribution in [-0.2, 0) is 23.5 Å². The van der Waals surface area contributed by atoms with Crippen LogP contribution in [0.25, 0.3) is 11.2 Å². The number of aromatic amines is 2. The molecule has 0 unspecified atom stereocenters. The number of hydrogen-bond acceptors (Lipinski definition) is 6. The first-order valence-corrected chi connectivity index (χ1v) is 13.0. The largest absolute Gasteiger partial charge is 0.493 e. The maximum absolute atomic E-state index is 12.8. The molecule has 0 atom stereocenters. The maximum Gasteiger partial charge on any atom is 0.277 e. The minimum Gasteiger partial charge on any atom is -0.493 e. The molecule has 37 heavy (non-hydrogen) atoms. The average molecular weight is 521 g/mol. The van der Waals surface area contributed by atoms with Gasteiger partial charge in [-0.25, -0.2) is 4.98 Å². The number of ether oxygens (including phenoxy) is 3. The Labute approximate surface area is 220 Å². The lowest BCUT2D eigenvalue weighted by molar-refractivity contribution is -0.0393. The Balaban J connectivity index is 1.46. The maximum atomic E-state index is 12.8. The van der Waals surface area contributed by atoms with Crippen LogP contribution in [-0.4, -0.2) is 32.7 Å². The minimum atomic E-state index is -0.761. The van der Waals surface area contributed by atoms with Crippen LogP contribution >= 0.6 is 12.2 Å². The Kier molecular flexibility index (Phi) is 7.17. The first kappa shape index (κ1) is 25.2. The fraction of sp³-hybridized carbons (Fsp3) is 0.393. The van der Waals surface area contributed by atoms with Crippen molar-refractivity contribution in [2.45, 2.75) is 64.4 Å². The topological polar surface area (TPSA) is 94.2 Å². The van der Waals surface area contributed by atoms with Crippen LogP contribution in [0.3, 0.4) is 0 Å². The van der Waals surface area contributed by atoms with E-state index in [1.807, 2.05) is 66.9 Å². The van der Waals surface area contributed by atoms with Crippen LogP contribution in [0, 0.1) is 4.77 Å². The normalized spacial score (nSPS) is 14.4. The van der Waals surface area contributed by atoms with Crippen LogP contribution in [0.1, 0.15) is 56.5 Å². The third-order valence-electron chi connectivity index (χ3n) is 6.81. The van der Waals surface area contributed by atoms with Gasteiger partial charge in [0.25, 0.3) is 5.56 Å². The Morgan fingerprint density at radius 3 is 2.54 bits per heavy atom. The highest BCUT2D eigenvalue weighted by Crippen LogP contribution is 2.33. The molecular formula is C28H32N4O4S. The second kappa shape index (κ2) is 10.5. The van der Waals surface area contributed by atoms with Gasteiger partial charge in [-0.1, -0.05) is 36.4 Å². The molecule has 5 rings (SSSR count). The number of nitrogens with zero attached hydrogens (tertiary/aromatic N) is 2. The van der Waals surface area contributed by atoms with E-state index in [9.17, 15) is 4.79 Å². The van der Waals surface area contributed by atoms with Gasteiger partial charge in [0.15, 0.2) is 21.9 Å². The second-order valence-electron chi connectivity index (χ2n) is 9.92. The molecule has 0 amide bonds. The summed E-state index contributed by atoms with van der Waals surface area (Å²) in [6, 6.07) is 15.8. The molecule has 194 valence electrons. The zero-order valence-electron chi connectivity index (χ0n) is 21.4. The smallest absolute Gasteiger partial charge is 0.277 e. The lowest BCUT2D eigenvalue weighted by Crippen LogP contribution is -2.23. The molecule has 8 nitrogen and oxygen atoms in total. The fourth-order valence-corrected chi connectivity index (χ4v) is 4.90. The molecule has 4 aromatic rings. The number of hydrogen-bond donors (Lipinski definition) is 2. The molecule has 1 saturated carbocycles. The van der Waals surface area contributed by atoms with Crippen molar-refractivity contribution >= 4 is 23.4 Å². The van der Waals surface area contributed by atoms with Crippen molar-refractivity contribution in [2.75, 3.05) is 7.11 Å². The van der Waals surface area contributed by atoms with Gasteiger partial charge in [0.2, 0.25) is 0 Å². The number of H-pyrrole nitrogens is 2. The van der Waals surface area contributed by atoms with Gasteiger partial charge >= 0.3 is 0 Å².